The van der Waals surface area contributed by atoms with Crippen molar-refractivity contribution in [1.29, 1.82) is 0 Å². The SMILES string of the molecule is O=S(=O)(NOCC1CC1)c1ccc(F)cc1Nc1ccc(I)cc1Cl. The molecule has 1 saturated carbocycles. The van der Waals surface area contributed by atoms with E-state index in [4.69, 9.17) is 16.4 Å². The molecule has 0 aromatic heterocycles. The Morgan fingerprint density at radius 2 is 1.96 bits per heavy atom. The van der Waals surface area contributed by atoms with Crippen LogP contribution in [0, 0.1) is 15.3 Å². The van der Waals surface area contributed by atoms with Gasteiger partial charge in [0.1, 0.15) is 10.7 Å². The first-order chi connectivity index (χ1) is 11.8. The monoisotopic (exact) mass is 496 g/mol. The summed E-state index contributed by atoms with van der Waals surface area (Å²) in [5.41, 5.74) is 0.550. The fraction of sp³-hybridized carbons (Fsp3) is 0.250. The van der Waals surface area contributed by atoms with Gasteiger partial charge in [-0.05, 0) is 77.7 Å². The zero-order chi connectivity index (χ0) is 18.0. The van der Waals surface area contributed by atoms with E-state index in [1.807, 2.05) is 0 Å². The van der Waals surface area contributed by atoms with Crippen LogP contribution in [-0.2, 0) is 14.9 Å². The van der Waals surface area contributed by atoms with Gasteiger partial charge < -0.3 is 5.32 Å². The molecule has 0 saturated heterocycles. The summed E-state index contributed by atoms with van der Waals surface area (Å²) in [6.07, 6.45) is 2.08. The van der Waals surface area contributed by atoms with Gasteiger partial charge in [0, 0.05) is 3.57 Å². The molecule has 9 heteroatoms. The molecule has 3 rings (SSSR count). The molecule has 0 atom stereocenters. The van der Waals surface area contributed by atoms with E-state index in [2.05, 4.69) is 32.8 Å². The van der Waals surface area contributed by atoms with Gasteiger partial charge in [-0.15, -0.1) is 0 Å². The lowest BCUT2D eigenvalue weighted by molar-refractivity contribution is 0.0844. The van der Waals surface area contributed by atoms with E-state index in [1.54, 1.807) is 18.2 Å². The molecule has 25 heavy (non-hydrogen) atoms. The van der Waals surface area contributed by atoms with Crippen molar-refractivity contribution in [1.82, 2.24) is 4.89 Å². The maximum Gasteiger partial charge on any atom is 0.264 e. The molecule has 134 valence electrons. The van der Waals surface area contributed by atoms with Crippen LogP contribution in [0.25, 0.3) is 0 Å². The van der Waals surface area contributed by atoms with E-state index in [0.29, 0.717) is 23.2 Å². The van der Waals surface area contributed by atoms with E-state index < -0.39 is 15.8 Å². The molecular weight excluding hydrogens is 482 g/mol. The Labute approximate surface area is 164 Å². The smallest absolute Gasteiger partial charge is 0.264 e. The summed E-state index contributed by atoms with van der Waals surface area (Å²) in [4.78, 5) is 7.03. The zero-order valence-electron chi connectivity index (χ0n) is 12.9. The second kappa shape index (κ2) is 7.75. The minimum atomic E-state index is -3.96. The molecule has 0 spiro atoms. The molecular formula is C16H15ClFIN2O3S. The Balaban J connectivity index is 1.86. The van der Waals surface area contributed by atoms with Gasteiger partial charge in [-0.3, -0.25) is 4.84 Å². The van der Waals surface area contributed by atoms with Crippen LogP contribution in [-0.4, -0.2) is 15.0 Å². The quantitative estimate of drug-likeness (QED) is 0.439. The molecule has 2 aromatic rings. The molecule has 0 bridgehead atoms. The predicted molar refractivity (Wildman–Crippen MR) is 103 cm³/mol. The minimum absolute atomic E-state index is 0.0747. The lowest BCUT2D eigenvalue weighted by atomic mass is 10.2. The standard InChI is InChI=1S/C16H15ClFIN2O3S/c17-13-8-12(19)4-5-14(13)20-15-7-11(18)3-6-16(15)25(22,23)21-24-9-10-1-2-10/h3-8,10,20-21H,1-2,9H2. The Bertz CT molecular complexity index is 891. The van der Waals surface area contributed by atoms with E-state index >= 15 is 0 Å². The summed E-state index contributed by atoms with van der Waals surface area (Å²) in [5, 5.41) is 3.28. The number of benzene rings is 2. The average molecular weight is 497 g/mol. The predicted octanol–water partition coefficient (Wildman–Crippen LogP) is 4.45. The van der Waals surface area contributed by atoms with Crippen molar-refractivity contribution < 1.29 is 17.6 Å². The van der Waals surface area contributed by atoms with Crippen LogP contribution in [0.5, 0.6) is 0 Å². The fourth-order valence-electron chi connectivity index (χ4n) is 2.13. The molecule has 1 aliphatic rings. The molecule has 0 heterocycles. The second-order valence-electron chi connectivity index (χ2n) is 5.73. The van der Waals surface area contributed by atoms with Crippen molar-refractivity contribution in [3.8, 4) is 0 Å². The number of anilines is 2. The molecule has 2 N–H and O–H groups in total. The maximum atomic E-state index is 13.6. The van der Waals surface area contributed by atoms with Crippen LogP contribution in [0.15, 0.2) is 41.3 Å². The number of hydrogen-bond acceptors (Lipinski definition) is 4. The van der Waals surface area contributed by atoms with Gasteiger partial charge in [0.15, 0.2) is 0 Å². The van der Waals surface area contributed by atoms with Crippen LogP contribution >= 0.6 is 34.2 Å². The van der Waals surface area contributed by atoms with Crippen molar-refractivity contribution in [2.45, 2.75) is 17.7 Å². The Morgan fingerprint density at radius 1 is 1.20 bits per heavy atom. The summed E-state index contributed by atoms with van der Waals surface area (Å²) >= 11 is 8.27. The van der Waals surface area contributed by atoms with Gasteiger partial charge in [-0.2, -0.15) is 0 Å². The molecule has 0 aliphatic heterocycles. The molecule has 1 fully saturated rings. The normalized spacial score (nSPS) is 14.5. The van der Waals surface area contributed by atoms with Gasteiger partial charge in [-0.1, -0.05) is 16.5 Å². The number of hydrogen-bond donors (Lipinski definition) is 2. The maximum absolute atomic E-state index is 13.6. The van der Waals surface area contributed by atoms with E-state index in [1.165, 1.54) is 6.07 Å². The number of rotatable bonds is 7. The van der Waals surface area contributed by atoms with Crippen LogP contribution in [0.2, 0.25) is 5.02 Å². The van der Waals surface area contributed by atoms with Crippen LogP contribution in [0.1, 0.15) is 12.8 Å². The van der Waals surface area contributed by atoms with E-state index in [9.17, 15) is 12.8 Å². The third kappa shape index (κ3) is 5.04. The van der Waals surface area contributed by atoms with Crippen LogP contribution in [0.3, 0.4) is 0 Å². The highest BCUT2D eigenvalue weighted by Crippen LogP contribution is 2.31. The van der Waals surface area contributed by atoms with Crippen molar-refractivity contribution in [2.24, 2.45) is 5.92 Å². The van der Waals surface area contributed by atoms with Crippen LogP contribution in [0.4, 0.5) is 15.8 Å². The molecule has 1 aliphatic carbocycles. The average Bonchev–Trinajstić information content (AvgIpc) is 3.34. The van der Waals surface area contributed by atoms with Crippen molar-refractivity contribution in [3.05, 3.63) is 50.8 Å². The fourth-order valence-corrected chi connectivity index (χ4v) is 3.99. The first-order valence-electron chi connectivity index (χ1n) is 7.50. The Morgan fingerprint density at radius 3 is 2.64 bits per heavy atom. The molecule has 2 aromatic carbocycles. The van der Waals surface area contributed by atoms with E-state index in [0.717, 1.165) is 28.5 Å². The highest BCUT2D eigenvalue weighted by Gasteiger charge is 2.24. The van der Waals surface area contributed by atoms with Gasteiger partial charge >= 0.3 is 0 Å². The highest BCUT2D eigenvalue weighted by atomic mass is 127. The molecule has 0 radical (unpaired) electrons. The highest BCUT2D eigenvalue weighted by molar-refractivity contribution is 14.1. The summed E-state index contributed by atoms with van der Waals surface area (Å²) < 4.78 is 39.5. The number of sulfonamides is 1. The zero-order valence-corrected chi connectivity index (χ0v) is 16.7. The Hall–Kier alpha value is -0.940. The third-order valence-electron chi connectivity index (χ3n) is 3.62. The first kappa shape index (κ1) is 18.8. The topological polar surface area (TPSA) is 67.4 Å². The van der Waals surface area contributed by atoms with Gasteiger partial charge in [0.2, 0.25) is 0 Å². The van der Waals surface area contributed by atoms with Crippen molar-refractivity contribution >= 4 is 55.6 Å². The summed E-state index contributed by atoms with van der Waals surface area (Å²) in [6, 6.07) is 8.58. The largest absolute Gasteiger partial charge is 0.353 e. The van der Waals surface area contributed by atoms with Gasteiger partial charge in [-0.25, -0.2) is 12.8 Å². The van der Waals surface area contributed by atoms with Gasteiger partial charge in [0.05, 0.1) is 23.0 Å². The lowest BCUT2D eigenvalue weighted by Crippen LogP contribution is -2.25. The first-order valence-corrected chi connectivity index (χ1v) is 10.4. The lowest BCUT2D eigenvalue weighted by Gasteiger charge is -2.14. The summed E-state index contributed by atoms with van der Waals surface area (Å²) in [7, 11) is -3.96. The summed E-state index contributed by atoms with van der Waals surface area (Å²) in [6.45, 7) is 0.326. The second-order valence-corrected chi connectivity index (χ2v) is 9.00. The number of nitrogens with one attached hydrogen (secondary N) is 2. The summed E-state index contributed by atoms with van der Waals surface area (Å²) in [5.74, 6) is -0.166. The minimum Gasteiger partial charge on any atom is -0.353 e. The van der Waals surface area contributed by atoms with Crippen molar-refractivity contribution in [3.63, 3.8) is 0 Å². The Kier molecular flexibility index (Phi) is 5.84. The molecule has 0 unspecified atom stereocenters. The third-order valence-corrected chi connectivity index (χ3v) is 5.87. The number of halogens is 3. The van der Waals surface area contributed by atoms with Crippen molar-refractivity contribution in [2.75, 3.05) is 11.9 Å². The van der Waals surface area contributed by atoms with Crippen LogP contribution < -0.4 is 10.2 Å². The molecule has 0 amide bonds. The van der Waals surface area contributed by atoms with E-state index in [-0.39, 0.29) is 10.6 Å². The molecule has 5 nitrogen and oxygen atoms in total. The van der Waals surface area contributed by atoms with Gasteiger partial charge in [0.25, 0.3) is 10.0 Å².